The number of guanidine groups is 1. The second-order valence-electron chi connectivity index (χ2n) is 7.17. The van der Waals surface area contributed by atoms with Crippen LogP contribution in [0.4, 0.5) is 0 Å². The normalized spacial score (nSPS) is 20.7. The van der Waals surface area contributed by atoms with Crippen LogP contribution in [-0.4, -0.2) is 64.3 Å². The predicted molar refractivity (Wildman–Crippen MR) is 112 cm³/mol. The molecule has 2 N–H and O–H groups in total. The molecule has 1 aromatic heterocycles. The number of hydrogen-bond donors (Lipinski definition) is 2. The number of nitrogens with one attached hydrogen (secondary N) is 2. The zero-order valence-corrected chi connectivity index (χ0v) is 18.0. The maximum atomic E-state index is 11.9. The highest BCUT2D eigenvalue weighted by atomic mass is 127. The summed E-state index contributed by atoms with van der Waals surface area (Å²) in [5.41, 5.74) is 0. The minimum absolute atomic E-state index is 0. The average molecular weight is 475 g/mol. The molecule has 8 nitrogen and oxygen atoms in total. The van der Waals surface area contributed by atoms with Gasteiger partial charge in [-0.25, -0.2) is 14.7 Å². The largest absolute Gasteiger partial charge is 0.354 e. The SMILES string of the molecule is CN(C)C(=O)CN=C(NC1CCCCC1)NC1CCc2ncnn2C1.I. The zero-order valence-electron chi connectivity index (χ0n) is 15.6. The summed E-state index contributed by atoms with van der Waals surface area (Å²) in [6.45, 7) is 0.943. The van der Waals surface area contributed by atoms with Gasteiger partial charge < -0.3 is 15.5 Å². The number of aromatic nitrogens is 3. The van der Waals surface area contributed by atoms with Crippen molar-refractivity contribution in [2.24, 2.45) is 4.99 Å². The molecule has 0 spiro atoms. The van der Waals surface area contributed by atoms with Gasteiger partial charge >= 0.3 is 0 Å². The summed E-state index contributed by atoms with van der Waals surface area (Å²) in [7, 11) is 3.51. The van der Waals surface area contributed by atoms with Crippen LogP contribution in [0, 0.1) is 0 Å². The van der Waals surface area contributed by atoms with Gasteiger partial charge in [0.2, 0.25) is 5.91 Å². The van der Waals surface area contributed by atoms with Crippen LogP contribution in [0.25, 0.3) is 0 Å². The van der Waals surface area contributed by atoms with Crippen LogP contribution in [0.3, 0.4) is 0 Å². The summed E-state index contributed by atoms with van der Waals surface area (Å²) >= 11 is 0. The van der Waals surface area contributed by atoms with Crippen molar-refractivity contribution in [1.29, 1.82) is 0 Å². The Balaban J connectivity index is 0.00000243. The lowest BCUT2D eigenvalue weighted by molar-refractivity contribution is -0.127. The van der Waals surface area contributed by atoms with Gasteiger partial charge in [-0.05, 0) is 19.3 Å². The van der Waals surface area contributed by atoms with Crippen LogP contribution < -0.4 is 10.6 Å². The number of rotatable bonds is 4. The number of carbonyl (C=O) groups is 1. The Morgan fingerprint density at radius 2 is 1.96 bits per heavy atom. The van der Waals surface area contributed by atoms with Crippen LogP contribution in [0.2, 0.25) is 0 Å². The van der Waals surface area contributed by atoms with Gasteiger partial charge in [0.25, 0.3) is 0 Å². The van der Waals surface area contributed by atoms with Crippen molar-refractivity contribution in [1.82, 2.24) is 30.3 Å². The molecule has 1 amide bonds. The van der Waals surface area contributed by atoms with Crippen LogP contribution >= 0.6 is 24.0 Å². The number of likely N-dealkylation sites (N-methyl/N-ethyl adjacent to an activating group) is 1. The van der Waals surface area contributed by atoms with Crippen molar-refractivity contribution in [3.63, 3.8) is 0 Å². The van der Waals surface area contributed by atoms with Gasteiger partial charge in [0.05, 0.1) is 6.54 Å². The van der Waals surface area contributed by atoms with E-state index in [9.17, 15) is 4.79 Å². The first-order chi connectivity index (χ1) is 12.1. The minimum atomic E-state index is 0. The third-order valence-electron chi connectivity index (χ3n) is 4.96. The third-order valence-corrected chi connectivity index (χ3v) is 4.96. The summed E-state index contributed by atoms with van der Waals surface area (Å²) in [6.07, 6.45) is 9.68. The molecule has 1 aromatic rings. The van der Waals surface area contributed by atoms with Gasteiger partial charge in [0, 0.05) is 32.6 Å². The minimum Gasteiger partial charge on any atom is -0.354 e. The molecular formula is C17H30IN7O. The summed E-state index contributed by atoms with van der Waals surface area (Å²) < 4.78 is 1.95. The van der Waals surface area contributed by atoms with Crippen molar-refractivity contribution < 1.29 is 4.79 Å². The lowest BCUT2D eigenvalue weighted by Gasteiger charge is -2.29. The van der Waals surface area contributed by atoms with Crippen LogP contribution in [0.15, 0.2) is 11.3 Å². The summed E-state index contributed by atoms with van der Waals surface area (Å²) in [5, 5.41) is 11.3. The van der Waals surface area contributed by atoms with Crippen molar-refractivity contribution >= 4 is 35.8 Å². The van der Waals surface area contributed by atoms with Gasteiger partial charge in [-0.1, -0.05) is 19.3 Å². The Bertz CT molecular complexity index is 610. The highest BCUT2D eigenvalue weighted by Crippen LogP contribution is 2.17. The maximum Gasteiger partial charge on any atom is 0.243 e. The first kappa shape index (κ1) is 20.9. The number of aryl methyl sites for hydroxylation is 1. The Kier molecular flexibility index (Phi) is 8.11. The standard InChI is InChI=1S/C17H29N7O.HI/c1-23(2)16(25)10-18-17(21-13-6-4-3-5-7-13)22-14-8-9-15-19-12-20-24(15)11-14;/h12-14H,3-11H2,1-2H3,(H2,18,21,22);1H. The first-order valence-corrected chi connectivity index (χ1v) is 9.26. The molecular weight excluding hydrogens is 445 g/mol. The van der Waals surface area contributed by atoms with Crippen molar-refractivity contribution in [2.75, 3.05) is 20.6 Å². The second kappa shape index (κ2) is 10.1. The quantitative estimate of drug-likeness (QED) is 0.388. The van der Waals surface area contributed by atoms with Crippen LogP contribution in [-0.2, 0) is 17.8 Å². The lowest BCUT2D eigenvalue weighted by atomic mass is 9.96. The Morgan fingerprint density at radius 3 is 2.69 bits per heavy atom. The van der Waals surface area contributed by atoms with E-state index in [4.69, 9.17) is 0 Å². The van der Waals surface area contributed by atoms with Gasteiger partial charge in [0.15, 0.2) is 5.96 Å². The smallest absolute Gasteiger partial charge is 0.243 e. The second-order valence-corrected chi connectivity index (χ2v) is 7.17. The zero-order chi connectivity index (χ0) is 17.6. The fourth-order valence-corrected chi connectivity index (χ4v) is 3.41. The maximum absolute atomic E-state index is 11.9. The molecule has 1 atom stereocenters. The number of carbonyl (C=O) groups excluding carboxylic acids is 1. The Hall–Kier alpha value is -1.39. The van der Waals surface area contributed by atoms with E-state index < -0.39 is 0 Å². The third kappa shape index (κ3) is 5.82. The average Bonchev–Trinajstić information content (AvgIpc) is 3.08. The van der Waals surface area contributed by atoms with E-state index >= 15 is 0 Å². The highest BCUT2D eigenvalue weighted by molar-refractivity contribution is 14.0. The molecule has 1 fully saturated rings. The Labute approximate surface area is 172 Å². The highest BCUT2D eigenvalue weighted by Gasteiger charge is 2.22. The number of fused-ring (bicyclic) bond motifs is 1. The van der Waals surface area contributed by atoms with Crippen LogP contribution in [0.5, 0.6) is 0 Å². The Morgan fingerprint density at radius 1 is 1.23 bits per heavy atom. The monoisotopic (exact) mass is 475 g/mol. The van der Waals surface area contributed by atoms with Gasteiger partial charge in [0.1, 0.15) is 18.7 Å². The molecule has 1 unspecified atom stereocenters. The first-order valence-electron chi connectivity index (χ1n) is 9.26. The summed E-state index contributed by atoms with van der Waals surface area (Å²) in [6, 6.07) is 0.693. The predicted octanol–water partition coefficient (Wildman–Crippen LogP) is 1.17. The molecule has 146 valence electrons. The molecule has 0 aromatic carbocycles. The number of nitrogens with zero attached hydrogens (tertiary/aromatic N) is 5. The van der Waals surface area contributed by atoms with E-state index in [0.717, 1.165) is 31.2 Å². The molecule has 0 bridgehead atoms. The van der Waals surface area contributed by atoms with Crippen LogP contribution in [0.1, 0.15) is 44.3 Å². The number of amides is 1. The van der Waals surface area contributed by atoms with Crippen molar-refractivity contribution in [3.8, 4) is 0 Å². The summed E-state index contributed by atoms with van der Waals surface area (Å²) in [4.78, 5) is 22.3. The molecule has 0 radical (unpaired) electrons. The molecule has 1 aliphatic carbocycles. The van der Waals surface area contributed by atoms with Crippen molar-refractivity contribution in [2.45, 2.75) is 63.6 Å². The molecule has 0 saturated heterocycles. The van der Waals surface area contributed by atoms with E-state index in [1.54, 1.807) is 25.3 Å². The number of hydrogen-bond acceptors (Lipinski definition) is 4. The molecule has 3 rings (SSSR count). The van der Waals surface area contributed by atoms with Crippen molar-refractivity contribution in [3.05, 3.63) is 12.2 Å². The molecule has 2 aliphatic rings. The molecule has 2 heterocycles. The topological polar surface area (TPSA) is 87.4 Å². The number of halogens is 1. The van der Waals surface area contributed by atoms with E-state index in [-0.39, 0.29) is 42.5 Å². The lowest BCUT2D eigenvalue weighted by Crippen LogP contribution is -2.50. The van der Waals surface area contributed by atoms with Gasteiger partial charge in [-0.2, -0.15) is 5.10 Å². The summed E-state index contributed by atoms with van der Waals surface area (Å²) in [5.74, 6) is 1.79. The van der Waals surface area contributed by atoms with Gasteiger partial charge in [-0.15, -0.1) is 24.0 Å². The van der Waals surface area contributed by atoms with E-state index in [2.05, 4.69) is 25.7 Å². The molecule has 1 aliphatic heterocycles. The fourth-order valence-electron chi connectivity index (χ4n) is 3.41. The number of aliphatic imine (C=N–C) groups is 1. The molecule has 26 heavy (non-hydrogen) atoms. The van der Waals surface area contributed by atoms with E-state index in [1.807, 2.05) is 4.68 Å². The molecule has 9 heteroatoms. The van der Waals surface area contributed by atoms with E-state index in [0.29, 0.717) is 6.04 Å². The fraction of sp³-hybridized carbons (Fsp3) is 0.765. The van der Waals surface area contributed by atoms with Gasteiger partial charge in [-0.3, -0.25) is 4.79 Å². The van der Waals surface area contributed by atoms with E-state index in [1.165, 1.54) is 32.1 Å². The molecule has 1 saturated carbocycles.